The number of amides is 1. The molecule has 0 saturated carbocycles. The fourth-order valence-corrected chi connectivity index (χ4v) is 2.81. The van der Waals surface area contributed by atoms with E-state index in [1.807, 2.05) is 0 Å². The Morgan fingerprint density at radius 1 is 1.29 bits per heavy atom. The number of anilines is 1. The molecule has 0 heterocycles. The summed E-state index contributed by atoms with van der Waals surface area (Å²) in [6, 6.07) is 7.43. The lowest BCUT2D eigenvalue weighted by molar-refractivity contribution is -0.137. The van der Waals surface area contributed by atoms with Crippen molar-refractivity contribution in [2.75, 3.05) is 18.5 Å². The number of carbonyl (C=O) groups is 1. The molecule has 0 aliphatic rings. The number of nitrogens with zero attached hydrogens (tertiary/aromatic N) is 1. The molecule has 0 fully saturated rings. The van der Waals surface area contributed by atoms with E-state index in [1.54, 1.807) is 19.1 Å². The van der Waals surface area contributed by atoms with E-state index in [0.717, 1.165) is 12.1 Å². The number of alkyl halides is 3. The van der Waals surface area contributed by atoms with Gasteiger partial charge in [0.15, 0.2) is 18.1 Å². The molecule has 28 heavy (non-hydrogen) atoms. The van der Waals surface area contributed by atoms with Crippen LogP contribution in [-0.2, 0) is 11.0 Å². The van der Waals surface area contributed by atoms with E-state index in [2.05, 4.69) is 26.4 Å². The van der Waals surface area contributed by atoms with Crippen molar-refractivity contribution < 1.29 is 32.6 Å². The molecule has 2 aromatic carbocycles. The Labute approximate surface area is 167 Å². The second-order valence-electron chi connectivity index (χ2n) is 5.42. The molecule has 1 amide bonds. The smallest absolute Gasteiger partial charge is 0.416 e. The standard InChI is InChI=1S/C18H16BrF3N2O4/c1-2-27-15-7-11(9-23-26)6-14(19)17(15)28-10-16(25)24-13-5-3-4-12(8-13)18(20,21)22/h3-9,26H,2,10H2,1H3,(H,24,25). The predicted octanol–water partition coefficient (Wildman–Crippen LogP) is 4.69. The second kappa shape index (κ2) is 9.45. The first-order valence-electron chi connectivity index (χ1n) is 7.98. The van der Waals surface area contributed by atoms with Gasteiger partial charge in [0.25, 0.3) is 5.91 Å². The molecule has 150 valence electrons. The van der Waals surface area contributed by atoms with Crippen molar-refractivity contribution in [1.29, 1.82) is 0 Å². The highest BCUT2D eigenvalue weighted by atomic mass is 79.9. The lowest BCUT2D eigenvalue weighted by atomic mass is 10.2. The highest BCUT2D eigenvalue weighted by molar-refractivity contribution is 9.10. The Bertz CT molecular complexity index is 872. The highest BCUT2D eigenvalue weighted by Crippen LogP contribution is 2.36. The first-order valence-corrected chi connectivity index (χ1v) is 8.77. The Hall–Kier alpha value is -2.75. The first kappa shape index (κ1) is 21.5. The van der Waals surface area contributed by atoms with Crippen molar-refractivity contribution >= 4 is 33.7 Å². The third-order valence-corrected chi connectivity index (χ3v) is 3.95. The molecule has 0 unspecified atom stereocenters. The maximum Gasteiger partial charge on any atom is 0.416 e. The van der Waals surface area contributed by atoms with Crippen molar-refractivity contribution in [3.63, 3.8) is 0 Å². The molecule has 0 aliphatic heterocycles. The van der Waals surface area contributed by atoms with Crippen molar-refractivity contribution in [1.82, 2.24) is 0 Å². The fraction of sp³-hybridized carbons (Fsp3) is 0.222. The molecular formula is C18H16BrF3N2O4. The Morgan fingerprint density at radius 3 is 2.68 bits per heavy atom. The molecule has 0 atom stereocenters. The van der Waals surface area contributed by atoms with Crippen molar-refractivity contribution in [3.8, 4) is 11.5 Å². The summed E-state index contributed by atoms with van der Waals surface area (Å²) < 4.78 is 49.6. The van der Waals surface area contributed by atoms with Crippen LogP contribution >= 0.6 is 15.9 Å². The summed E-state index contributed by atoms with van der Waals surface area (Å²) in [6.45, 7) is 1.62. The van der Waals surface area contributed by atoms with Gasteiger partial charge >= 0.3 is 6.18 Å². The van der Waals surface area contributed by atoms with Gasteiger partial charge in [-0.15, -0.1) is 0 Å². The van der Waals surface area contributed by atoms with Crippen LogP contribution in [0.4, 0.5) is 18.9 Å². The molecule has 2 aromatic rings. The molecule has 10 heteroatoms. The lowest BCUT2D eigenvalue weighted by Gasteiger charge is -2.15. The van der Waals surface area contributed by atoms with Gasteiger partial charge in [0.05, 0.1) is 22.9 Å². The maximum absolute atomic E-state index is 12.7. The third-order valence-electron chi connectivity index (χ3n) is 3.36. The fourth-order valence-electron chi connectivity index (χ4n) is 2.24. The van der Waals surface area contributed by atoms with Gasteiger partial charge in [-0.3, -0.25) is 4.79 Å². The van der Waals surface area contributed by atoms with Gasteiger partial charge in [-0.2, -0.15) is 13.2 Å². The monoisotopic (exact) mass is 460 g/mol. The van der Waals surface area contributed by atoms with Gasteiger partial charge in [0.2, 0.25) is 0 Å². The largest absolute Gasteiger partial charge is 0.490 e. The minimum atomic E-state index is -4.51. The molecule has 0 bridgehead atoms. The topological polar surface area (TPSA) is 80.2 Å². The SMILES string of the molecule is CCOc1cc(C=NO)cc(Br)c1OCC(=O)Nc1cccc(C(F)(F)F)c1. The summed E-state index contributed by atoms with van der Waals surface area (Å²) in [5, 5.41) is 13.9. The van der Waals surface area contributed by atoms with E-state index in [4.69, 9.17) is 14.7 Å². The molecule has 0 radical (unpaired) electrons. The number of ether oxygens (including phenoxy) is 2. The lowest BCUT2D eigenvalue weighted by Crippen LogP contribution is -2.21. The number of halogens is 4. The molecule has 2 N–H and O–H groups in total. The molecule has 0 aliphatic carbocycles. The zero-order valence-corrected chi connectivity index (χ0v) is 16.2. The van der Waals surface area contributed by atoms with E-state index in [-0.39, 0.29) is 11.4 Å². The second-order valence-corrected chi connectivity index (χ2v) is 6.28. The van der Waals surface area contributed by atoms with E-state index >= 15 is 0 Å². The molecule has 0 aromatic heterocycles. The summed E-state index contributed by atoms with van der Waals surface area (Å²) in [5.74, 6) is -0.107. The minimum Gasteiger partial charge on any atom is -0.490 e. The number of hydrogen-bond acceptors (Lipinski definition) is 5. The van der Waals surface area contributed by atoms with Crippen molar-refractivity contribution in [3.05, 3.63) is 52.0 Å². The van der Waals surface area contributed by atoms with Crippen LogP contribution in [-0.4, -0.2) is 30.5 Å². The van der Waals surface area contributed by atoms with Crippen LogP contribution in [0.1, 0.15) is 18.1 Å². The van der Waals surface area contributed by atoms with E-state index in [9.17, 15) is 18.0 Å². The van der Waals surface area contributed by atoms with Gasteiger partial charge in [-0.25, -0.2) is 0 Å². The van der Waals surface area contributed by atoms with Crippen LogP contribution in [0.3, 0.4) is 0 Å². The average Bonchev–Trinajstić information content (AvgIpc) is 2.61. The van der Waals surface area contributed by atoms with Crippen LogP contribution in [0.15, 0.2) is 46.0 Å². The number of hydrogen-bond donors (Lipinski definition) is 2. The van der Waals surface area contributed by atoms with Crippen LogP contribution in [0.5, 0.6) is 11.5 Å². The Morgan fingerprint density at radius 2 is 2.04 bits per heavy atom. The van der Waals surface area contributed by atoms with Crippen LogP contribution < -0.4 is 14.8 Å². The highest BCUT2D eigenvalue weighted by Gasteiger charge is 2.30. The quantitative estimate of drug-likeness (QED) is 0.356. The molecule has 2 rings (SSSR count). The van der Waals surface area contributed by atoms with Crippen molar-refractivity contribution in [2.24, 2.45) is 5.16 Å². The van der Waals surface area contributed by atoms with Crippen LogP contribution in [0.2, 0.25) is 0 Å². The number of nitrogens with one attached hydrogen (secondary N) is 1. The zero-order chi connectivity index (χ0) is 20.7. The Balaban J connectivity index is 2.10. The molecule has 0 spiro atoms. The third kappa shape index (κ3) is 5.88. The molecular weight excluding hydrogens is 445 g/mol. The van der Waals surface area contributed by atoms with Gasteiger partial charge in [0, 0.05) is 11.3 Å². The Kier molecular flexibility index (Phi) is 7.27. The summed E-state index contributed by atoms with van der Waals surface area (Å²) in [6.07, 6.45) is -3.31. The summed E-state index contributed by atoms with van der Waals surface area (Å²) in [7, 11) is 0. The minimum absolute atomic E-state index is 0.00188. The zero-order valence-electron chi connectivity index (χ0n) is 14.6. The van der Waals surface area contributed by atoms with Gasteiger partial charge in [-0.1, -0.05) is 11.2 Å². The number of oxime groups is 1. The number of carbonyl (C=O) groups excluding carboxylic acids is 1. The summed E-state index contributed by atoms with van der Waals surface area (Å²) in [5.41, 5.74) is -0.339. The van der Waals surface area contributed by atoms with Gasteiger partial charge in [0.1, 0.15) is 0 Å². The van der Waals surface area contributed by atoms with Crippen LogP contribution in [0, 0.1) is 0 Å². The average molecular weight is 461 g/mol. The predicted molar refractivity (Wildman–Crippen MR) is 100 cm³/mol. The molecule has 0 saturated heterocycles. The van der Waals surface area contributed by atoms with Crippen LogP contribution in [0.25, 0.3) is 0 Å². The normalized spacial score (nSPS) is 11.5. The molecule has 6 nitrogen and oxygen atoms in total. The number of rotatable bonds is 7. The summed E-state index contributed by atoms with van der Waals surface area (Å²) in [4.78, 5) is 12.1. The van der Waals surface area contributed by atoms with E-state index in [1.165, 1.54) is 18.3 Å². The first-order chi connectivity index (χ1) is 13.2. The van der Waals surface area contributed by atoms with E-state index in [0.29, 0.717) is 22.4 Å². The number of benzene rings is 2. The van der Waals surface area contributed by atoms with Gasteiger partial charge < -0.3 is 20.0 Å². The van der Waals surface area contributed by atoms with Gasteiger partial charge in [-0.05, 0) is 53.2 Å². The van der Waals surface area contributed by atoms with Crippen molar-refractivity contribution in [2.45, 2.75) is 13.1 Å². The maximum atomic E-state index is 12.7. The van der Waals surface area contributed by atoms with E-state index < -0.39 is 24.3 Å². The summed E-state index contributed by atoms with van der Waals surface area (Å²) >= 11 is 3.28.